The van der Waals surface area contributed by atoms with Crippen LogP contribution in [0.15, 0.2) is 24.3 Å². The van der Waals surface area contributed by atoms with E-state index < -0.39 is 0 Å². The molecular formula is C18H29NO2. The van der Waals surface area contributed by atoms with Crippen molar-refractivity contribution >= 4 is 5.91 Å². The van der Waals surface area contributed by atoms with Crippen molar-refractivity contribution < 1.29 is 9.53 Å². The van der Waals surface area contributed by atoms with Crippen molar-refractivity contribution in [3.63, 3.8) is 0 Å². The van der Waals surface area contributed by atoms with Crippen LogP contribution in [0.1, 0.15) is 46.1 Å². The van der Waals surface area contributed by atoms with Gasteiger partial charge in [0.1, 0.15) is 5.75 Å². The third-order valence-corrected chi connectivity index (χ3v) is 3.49. The molecule has 1 aromatic rings. The number of carbonyl (C=O) groups excluding carboxylic acids is 1. The largest absolute Gasteiger partial charge is 0.497 e. The summed E-state index contributed by atoms with van der Waals surface area (Å²) in [6.45, 7) is 8.58. The maximum Gasteiger partial charge on any atom is 0.220 e. The molecule has 0 saturated carbocycles. The molecule has 0 fully saturated rings. The molecule has 0 aliphatic carbocycles. The van der Waals surface area contributed by atoms with E-state index in [1.807, 2.05) is 25.1 Å². The molecular weight excluding hydrogens is 262 g/mol. The van der Waals surface area contributed by atoms with Gasteiger partial charge in [0.05, 0.1) is 7.11 Å². The summed E-state index contributed by atoms with van der Waals surface area (Å²) in [5.74, 6) is 2.09. The first-order chi connectivity index (χ1) is 9.90. The van der Waals surface area contributed by atoms with E-state index in [0.29, 0.717) is 18.3 Å². The average Bonchev–Trinajstić information content (AvgIpc) is 2.37. The topological polar surface area (TPSA) is 38.3 Å². The van der Waals surface area contributed by atoms with Crippen LogP contribution in [0, 0.1) is 11.8 Å². The highest BCUT2D eigenvalue weighted by Crippen LogP contribution is 2.16. The molecule has 2 unspecified atom stereocenters. The Balaban J connectivity index is 2.41. The molecule has 2 atom stereocenters. The van der Waals surface area contributed by atoms with Gasteiger partial charge in [-0.25, -0.2) is 0 Å². The standard InChI is InChI=1S/C18H29NO2/c1-13(2)9-14(3)10-18(20)19-15(4)11-16-7-6-8-17(12-16)21-5/h6-8,12-15H,9-11H2,1-5H3,(H,19,20). The summed E-state index contributed by atoms with van der Waals surface area (Å²) in [6.07, 6.45) is 2.53. The van der Waals surface area contributed by atoms with Gasteiger partial charge in [0.2, 0.25) is 5.91 Å². The maximum atomic E-state index is 12.0. The second-order valence-corrected chi connectivity index (χ2v) is 6.46. The minimum Gasteiger partial charge on any atom is -0.497 e. The molecule has 3 nitrogen and oxygen atoms in total. The number of rotatable bonds is 8. The number of carbonyl (C=O) groups is 1. The Kier molecular flexibility index (Phi) is 7.27. The summed E-state index contributed by atoms with van der Waals surface area (Å²) in [4.78, 5) is 12.0. The lowest BCUT2D eigenvalue weighted by Gasteiger charge is -2.17. The van der Waals surface area contributed by atoms with Gasteiger partial charge in [-0.3, -0.25) is 4.79 Å². The Morgan fingerprint density at radius 2 is 1.95 bits per heavy atom. The molecule has 0 heterocycles. The fourth-order valence-corrected chi connectivity index (χ4v) is 2.74. The maximum absolute atomic E-state index is 12.0. The quantitative estimate of drug-likeness (QED) is 0.791. The second-order valence-electron chi connectivity index (χ2n) is 6.46. The lowest BCUT2D eigenvalue weighted by Crippen LogP contribution is -2.35. The van der Waals surface area contributed by atoms with Crippen LogP contribution in [-0.2, 0) is 11.2 Å². The average molecular weight is 291 g/mol. The third-order valence-electron chi connectivity index (χ3n) is 3.49. The van der Waals surface area contributed by atoms with Gasteiger partial charge in [-0.1, -0.05) is 32.9 Å². The molecule has 0 radical (unpaired) electrons. The predicted molar refractivity (Wildman–Crippen MR) is 87.5 cm³/mol. The number of amides is 1. The van der Waals surface area contributed by atoms with E-state index in [4.69, 9.17) is 4.74 Å². The van der Waals surface area contributed by atoms with E-state index in [2.05, 4.69) is 32.2 Å². The van der Waals surface area contributed by atoms with Crippen molar-refractivity contribution in [3.8, 4) is 5.75 Å². The lowest BCUT2D eigenvalue weighted by molar-refractivity contribution is -0.122. The zero-order valence-electron chi connectivity index (χ0n) is 14.0. The van der Waals surface area contributed by atoms with Gasteiger partial charge in [-0.05, 0) is 49.3 Å². The number of hydrogen-bond acceptors (Lipinski definition) is 2. The van der Waals surface area contributed by atoms with E-state index in [1.165, 1.54) is 5.56 Å². The highest BCUT2D eigenvalue weighted by molar-refractivity contribution is 5.76. The molecule has 0 aromatic heterocycles. The number of nitrogens with one attached hydrogen (secondary N) is 1. The first-order valence-corrected chi connectivity index (χ1v) is 7.83. The molecule has 3 heteroatoms. The summed E-state index contributed by atoms with van der Waals surface area (Å²) in [7, 11) is 1.67. The fourth-order valence-electron chi connectivity index (χ4n) is 2.74. The van der Waals surface area contributed by atoms with Crippen molar-refractivity contribution in [2.45, 2.75) is 53.0 Å². The summed E-state index contributed by atoms with van der Waals surface area (Å²) in [6, 6.07) is 8.13. The molecule has 0 aliphatic heterocycles. The van der Waals surface area contributed by atoms with E-state index in [-0.39, 0.29) is 11.9 Å². The van der Waals surface area contributed by atoms with Crippen LogP contribution in [0.2, 0.25) is 0 Å². The van der Waals surface area contributed by atoms with Crippen molar-refractivity contribution in [1.82, 2.24) is 5.32 Å². The minimum atomic E-state index is 0.135. The summed E-state index contributed by atoms with van der Waals surface area (Å²) >= 11 is 0. The molecule has 1 amide bonds. The normalized spacial score (nSPS) is 13.8. The van der Waals surface area contributed by atoms with Crippen LogP contribution in [0.5, 0.6) is 5.75 Å². The zero-order chi connectivity index (χ0) is 15.8. The third kappa shape index (κ3) is 7.16. The van der Waals surface area contributed by atoms with Crippen molar-refractivity contribution in [1.29, 1.82) is 0 Å². The van der Waals surface area contributed by atoms with Gasteiger partial charge in [0.15, 0.2) is 0 Å². The zero-order valence-corrected chi connectivity index (χ0v) is 14.0. The van der Waals surface area contributed by atoms with Crippen LogP contribution in [0.25, 0.3) is 0 Å². The van der Waals surface area contributed by atoms with Crippen LogP contribution < -0.4 is 10.1 Å². The van der Waals surface area contributed by atoms with Crippen LogP contribution in [0.3, 0.4) is 0 Å². The van der Waals surface area contributed by atoms with Crippen molar-refractivity contribution in [2.24, 2.45) is 11.8 Å². The molecule has 118 valence electrons. The molecule has 1 aromatic carbocycles. The van der Waals surface area contributed by atoms with Crippen LogP contribution in [-0.4, -0.2) is 19.1 Å². The van der Waals surface area contributed by atoms with Crippen LogP contribution in [0.4, 0.5) is 0 Å². The molecule has 0 saturated heterocycles. The van der Waals surface area contributed by atoms with Gasteiger partial charge in [-0.15, -0.1) is 0 Å². The highest BCUT2D eigenvalue weighted by atomic mass is 16.5. The van der Waals surface area contributed by atoms with Gasteiger partial charge in [-0.2, -0.15) is 0 Å². The number of hydrogen-bond donors (Lipinski definition) is 1. The van der Waals surface area contributed by atoms with E-state index in [1.54, 1.807) is 7.11 Å². The predicted octanol–water partition coefficient (Wildman–Crippen LogP) is 3.81. The van der Waals surface area contributed by atoms with E-state index in [0.717, 1.165) is 18.6 Å². The molecule has 0 spiro atoms. The van der Waals surface area contributed by atoms with Gasteiger partial charge >= 0.3 is 0 Å². The summed E-state index contributed by atoms with van der Waals surface area (Å²) in [5.41, 5.74) is 1.18. The Hall–Kier alpha value is -1.51. The van der Waals surface area contributed by atoms with Crippen molar-refractivity contribution in [2.75, 3.05) is 7.11 Å². The van der Waals surface area contributed by atoms with E-state index in [9.17, 15) is 4.79 Å². The highest BCUT2D eigenvalue weighted by Gasteiger charge is 2.13. The smallest absolute Gasteiger partial charge is 0.220 e. The Labute approximate surface area is 129 Å². The lowest BCUT2D eigenvalue weighted by atomic mass is 9.95. The molecule has 1 N–H and O–H groups in total. The summed E-state index contributed by atoms with van der Waals surface area (Å²) in [5, 5.41) is 3.09. The Bertz CT molecular complexity index is 443. The molecule has 21 heavy (non-hydrogen) atoms. The first-order valence-electron chi connectivity index (χ1n) is 7.83. The number of methoxy groups -OCH3 is 1. The van der Waals surface area contributed by atoms with Gasteiger partial charge < -0.3 is 10.1 Å². The number of ether oxygens (including phenoxy) is 1. The van der Waals surface area contributed by atoms with Gasteiger partial charge in [0, 0.05) is 12.5 Å². The number of benzene rings is 1. The Morgan fingerprint density at radius 1 is 1.24 bits per heavy atom. The van der Waals surface area contributed by atoms with Crippen LogP contribution >= 0.6 is 0 Å². The second kappa shape index (κ2) is 8.71. The summed E-state index contributed by atoms with van der Waals surface area (Å²) < 4.78 is 5.22. The minimum absolute atomic E-state index is 0.135. The molecule has 0 aliphatic rings. The monoisotopic (exact) mass is 291 g/mol. The first kappa shape index (κ1) is 17.5. The van der Waals surface area contributed by atoms with Gasteiger partial charge in [0.25, 0.3) is 0 Å². The van der Waals surface area contributed by atoms with E-state index >= 15 is 0 Å². The SMILES string of the molecule is COc1cccc(CC(C)NC(=O)CC(C)CC(C)C)c1. The molecule has 1 rings (SSSR count). The van der Waals surface area contributed by atoms with Crippen molar-refractivity contribution in [3.05, 3.63) is 29.8 Å². The molecule has 0 bridgehead atoms. The Morgan fingerprint density at radius 3 is 2.57 bits per heavy atom. The fraction of sp³-hybridized carbons (Fsp3) is 0.611.